The van der Waals surface area contributed by atoms with E-state index in [0.29, 0.717) is 18.6 Å². The maximum atomic E-state index is 11.4. The number of carbonyl (C=O) groups excluding carboxylic acids is 1. The molecule has 0 saturated carbocycles. The first-order valence-corrected chi connectivity index (χ1v) is 6.37. The topological polar surface area (TPSA) is 77.0 Å². The SMILES string of the molecule is CC(C)C(=O)NCCC1CNCC(CC=N)N1. The van der Waals surface area contributed by atoms with Crippen LogP contribution in [0.5, 0.6) is 0 Å². The summed E-state index contributed by atoms with van der Waals surface area (Å²) >= 11 is 0. The van der Waals surface area contributed by atoms with E-state index in [1.807, 2.05) is 13.8 Å². The van der Waals surface area contributed by atoms with E-state index < -0.39 is 0 Å². The molecule has 0 aliphatic carbocycles. The molecule has 1 aliphatic heterocycles. The standard InChI is InChI=1S/C12H24N4O/c1-9(2)12(17)15-6-4-11-8-14-7-10(16-11)3-5-13/h5,9-11,13-14,16H,3-4,6-8H2,1-2H3,(H,15,17). The van der Waals surface area contributed by atoms with Crippen LogP contribution in [0, 0.1) is 11.3 Å². The van der Waals surface area contributed by atoms with Gasteiger partial charge in [0.15, 0.2) is 0 Å². The largest absolute Gasteiger partial charge is 0.356 e. The highest BCUT2D eigenvalue weighted by atomic mass is 16.1. The van der Waals surface area contributed by atoms with E-state index in [2.05, 4.69) is 16.0 Å². The first kappa shape index (κ1) is 14.1. The Hall–Kier alpha value is -0.940. The van der Waals surface area contributed by atoms with Gasteiger partial charge < -0.3 is 21.4 Å². The van der Waals surface area contributed by atoms with Gasteiger partial charge in [-0.15, -0.1) is 0 Å². The van der Waals surface area contributed by atoms with Crippen LogP contribution in [0.15, 0.2) is 0 Å². The first-order valence-electron chi connectivity index (χ1n) is 6.37. The minimum atomic E-state index is 0.0538. The lowest BCUT2D eigenvalue weighted by atomic mass is 10.1. The lowest BCUT2D eigenvalue weighted by Gasteiger charge is -2.31. The van der Waals surface area contributed by atoms with Crippen LogP contribution in [0.3, 0.4) is 0 Å². The van der Waals surface area contributed by atoms with Crippen molar-refractivity contribution in [2.45, 2.75) is 38.8 Å². The molecule has 2 atom stereocenters. The zero-order valence-corrected chi connectivity index (χ0v) is 10.8. The van der Waals surface area contributed by atoms with E-state index in [9.17, 15) is 4.79 Å². The summed E-state index contributed by atoms with van der Waals surface area (Å²) in [6.45, 7) is 6.37. The van der Waals surface area contributed by atoms with Gasteiger partial charge in [0.25, 0.3) is 0 Å². The maximum absolute atomic E-state index is 11.4. The van der Waals surface area contributed by atoms with Gasteiger partial charge in [-0.25, -0.2) is 0 Å². The van der Waals surface area contributed by atoms with Gasteiger partial charge in [-0.3, -0.25) is 4.79 Å². The maximum Gasteiger partial charge on any atom is 0.222 e. The predicted molar refractivity (Wildman–Crippen MR) is 69.4 cm³/mol. The van der Waals surface area contributed by atoms with Gasteiger partial charge >= 0.3 is 0 Å². The highest BCUT2D eigenvalue weighted by Crippen LogP contribution is 2.01. The van der Waals surface area contributed by atoms with Crippen molar-refractivity contribution in [1.29, 1.82) is 5.41 Å². The fourth-order valence-electron chi connectivity index (χ4n) is 1.94. The molecule has 1 fully saturated rings. The summed E-state index contributed by atoms with van der Waals surface area (Å²) < 4.78 is 0. The Morgan fingerprint density at radius 1 is 1.47 bits per heavy atom. The van der Waals surface area contributed by atoms with Crippen LogP contribution in [0.25, 0.3) is 0 Å². The zero-order valence-electron chi connectivity index (χ0n) is 10.8. The Morgan fingerprint density at radius 3 is 2.82 bits per heavy atom. The lowest BCUT2D eigenvalue weighted by Crippen LogP contribution is -2.55. The normalized spacial score (nSPS) is 24.6. The molecule has 1 saturated heterocycles. The van der Waals surface area contributed by atoms with Crippen molar-refractivity contribution in [3.63, 3.8) is 0 Å². The third kappa shape index (κ3) is 5.28. The van der Waals surface area contributed by atoms with Crippen molar-refractivity contribution < 1.29 is 4.79 Å². The van der Waals surface area contributed by atoms with Gasteiger partial charge in [-0.2, -0.15) is 0 Å². The van der Waals surface area contributed by atoms with E-state index in [1.165, 1.54) is 6.21 Å². The van der Waals surface area contributed by atoms with Crippen LogP contribution in [-0.4, -0.2) is 43.8 Å². The molecule has 5 nitrogen and oxygen atoms in total. The van der Waals surface area contributed by atoms with E-state index in [0.717, 1.165) is 25.9 Å². The van der Waals surface area contributed by atoms with Gasteiger partial charge in [0.2, 0.25) is 5.91 Å². The summed E-state index contributed by atoms with van der Waals surface area (Å²) in [6.07, 6.45) is 3.14. The fraction of sp³-hybridized carbons (Fsp3) is 0.833. The molecule has 1 aliphatic rings. The minimum absolute atomic E-state index is 0.0538. The number of nitrogens with one attached hydrogen (secondary N) is 4. The summed E-state index contributed by atoms with van der Waals surface area (Å²) in [6, 6.07) is 0.744. The van der Waals surface area contributed by atoms with Crippen LogP contribution in [0.2, 0.25) is 0 Å². The second-order valence-electron chi connectivity index (χ2n) is 4.89. The van der Waals surface area contributed by atoms with Crippen molar-refractivity contribution in [2.24, 2.45) is 5.92 Å². The molecule has 0 radical (unpaired) electrons. The number of hydrogen-bond acceptors (Lipinski definition) is 4. The zero-order chi connectivity index (χ0) is 12.7. The number of amides is 1. The molecule has 0 bridgehead atoms. The second-order valence-corrected chi connectivity index (χ2v) is 4.89. The summed E-state index contributed by atoms with van der Waals surface area (Å²) in [7, 11) is 0. The van der Waals surface area contributed by atoms with E-state index >= 15 is 0 Å². The minimum Gasteiger partial charge on any atom is -0.356 e. The molecule has 0 aromatic rings. The van der Waals surface area contributed by atoms with E-state index in [-0.39, 0.29) is 11.8 Å². The highest BCUT2D eigenvalue weighted by Gasteiger charge is 2.19. The van der Waals surface area contributed by atoms with Gasteiger partial charge in [0.1, 0.15) is 0 Å². The van der Waals surface area contributed by atoms with Crippen molar-refractivity contribution in [3.05, 3.63) is 0 Å². The molecule has 98 valence electrons. The monoisotopic (exact) mass is 240 g/mol. The number of piperazine rings is 1. The van der Waals surface area contributed by atoms with Crippen molar-refractivity contribution in [3.8, 4) is 0 Å². The molecule has 0 spiro atoms. The molecule has 0 aromatic carbocycles. The average molecular weight is 240 g/mol. The number of carbonyl (C=O) groups is 1. The molecular weight excluding hydrogens is 216 g/mol. The Kier molecular flexibility index (Phi) is 6.15. The van der Waals surface area contributed by atoms with Gasteiger partial charge in [0.05, 0.1) is 0 Å². The fourth-order valence-corrected chi connectivity index (χ4v) is 1.94. The van der Waals surface area contributed by atoms with Gasteiger partial charge in [-0.1, -0.05) is 13.8 Å². The van der Waals surface area contributed by atoms with Crippen LogP contribution >= 0.6 is 0 Å². The van der Waals surface area contributed by atoms with Crippen LogP contribution < -0.4 is 16.0 Å². The molecule has 4 N–H and O–H groups in total. The molecule has 5 heteroatoms. The second kappa shape index (κ2) is 7.40. The third-order valence-electron chi connectivity index (χ3n) is 2.97. The van der Waals surface area contributed by atoms with Crippen molar-refractivity contribution in [1.82, 2.24) is 16.0 Å². The third-order valence-corrected chi connectivity index (χ3v) is 2.97. The summed E-state index contributed by atoms with van der Waals surface area (Å²) in [4.78, 5) is 11.4. The summed E-state index contributed by atoms with van der Waals surface area (Å²) in [5.74, 6) is 0.169. The molecule has 1 rings (SSSR count). The molecular formula is C12H24N4O. The predicted octanol–water partition coefficient (Wildman–Crippen LogP) is 0.118. The smallest absolute Gasteiger partial charge is 0.222 e. The van der Waals surface area contributed by atoms with Gasteiger partial charge in [0, 0.05) is 37.6 Å². The van der Waals surface area contributed by atoms with E-state index in [4.69, 9.17) is 5.41 Å². The molecule has 2 unspecified atom stereocenters. The Labute approximate surface area is 103 Å². The van der Waals surface area contributed by atoms with Gasteiger partial charge in [-0.05, 0) is 19.1 Å². The lowest BCUT2D eigenvalue weighted by molar-refractivity contribution is -0.123. The number of hydrogen-bond donors (Lipinski definition) is 4. The molecule has 0 aromatic heterocycles. The van der Waals surface area contributed by atoms with Crippen molar-refractivity contribution in [2.75, 3.05) is 19.6 Å². The van der Waals surface area contributed by atoms with Crippen LogP contribution in [0.4, 0.5) is 0 Å². The Bertz CT molecular complexity index is 255. The quantitative estimate of drug-likeness (QED) is 0.498. The Balaban J connectivity index is 2.18. The number of rotatable bonds is 6. The molecule has 17 heavy (non-hydrogen) atoms. The van der Waals surface area contributed by atoms with Crippen LogP contribution in [-0.2, 0) is 4.79 Å². The highest BCUT2D eigenvalue weighted by molar-refractivity contribution is 5.77. The Morgan fingerprint density at radius 2 is 2.18 bits per heavy atom. The van der Waals surface area contributed by atoms with E-state index in [1.54, 1.807) is 0 Å². The van der Waals surface area contributed by atoms with Crippen LogP contribution in [0.1, 0.15) is 26.7 Å². The summed E-state index contributed by atoms with van der Waals surface area (Å²) in [5, 5.41) is 16.9. The van der Waals surface area contributed by atoms with Crippen molar-refractivity contribution >= 4 is 12.1 Å². The summed E-state index contributed by atoms with van der Waals surface area (Å²) in [5.41, 5.74) is 0. The first-order chi connectivity index (χ1) is 8.13. The molecule has 1 amide bonds. The average Bonchev–Trinajstić information content (AvgIpc) is 2.29. The molecule has 1 heterocycles.